The number of nitrogens with zero attached hydrogens (tertiary/aromatic N) is 1. The summed E-state index contributed by atoms with van der Waals surface area (Å²) < 4.78 is 31.4. The van der Waals surface area contributed by atoms with E-state index in [1.54, 1.807) is 12.1 Å². The summed E-state index contributed by atoms with van der Waals surface area (Å²) in [6.07, 6.45) is 0. The van der Waals surface area contributed by atoms with Crippen molar-refractivity contribution in [2.75, 3.05) is 5.32 Å². The lowest BCUT2D eigenvalue weighted by Crippen LogP contribution is -1.92. The van der Waals surface area contributed by atoms with Crippen LogP contribution in [-0.2, 0) is 0 Å². The van der Waals surface area contributed by atoms with Crippen molar-refractivity contribution in [2.24, 2.45) is 0 Å². The van der Waals surface area contributed by atoms with Gasteiger partial charge >= 0.3 is 0 Å². The van der Waals surface area contributed by atoms with E-state index in [-0.39, 0.29) is 11.7 Å². The summed E-state index contributed by atoms with van der Waals surface area (Å²) in [7, 11) is 0. The zero-order chi connectivity index (χ0) is 12.5. The number of aromatic nitrogens is 1. The normalized spacial score (nSPS) is 10.8. The van der Waals surface area contributed by atoms with Gasteiger partial charge in [0.25, 0.3) is 6.01 Å². The molecule has 0 unspecified atom stereocenters. The quantitative estimate of drug-likeness (QED) is 0.746. The zero-order valence-electron chi connectivity index (χ0n) is 9.15. The van der Waals surface area contributed by atoms with Gasteiger partial charge in [0.2, 0.25) is 0 Å². The number of hydrogen-bond donors (Lipinski definition) is 1. The average Bonchev–Trinajstić information content (AvgIpc) is 2.69. The number of benzene rings is 2. The highest BCUT2D eigenvalue weighted by atomic mass is 19.1. The van der Waals surface area contributed by atoms with Crippen LogP contribution >= 0.6 is 0 Å². The van der Waals surface area contributed by atoms with Crippen LogP contribution in [0.5, 0.6) is 0 Å². The van der Waals surface area contributed by atoms with Gasteiger partial charge in [0.1, 0.15) is 17.2 Å². The largest absolute Gasteiger partial charge is 0.423 e. The Balaban J connectivity index is 1.96. The summed E-state index contributed by atoms with van der Waals surface area (Å²) in [5.41, 5.74) is 1.54. The molecule has 0 fully saturated rings. The van der Waals surface area contributed by atoms with Gasteiger partial charge in [0, 0.05) is 11.8 Å². The summed E-state index contributed by atoms with van der Waals surface area (Å²) >= 11 is 0. The first kappa shape index (κ1) is 10.7. The molecule has 0 aliphatic heterocycles. The minimum Gasteiger partial charge on any atom is -0.423 e. The average molecular weight is 246 g/mol. The molecule has 90 valence electrons. The first-order valence-corrected chi connectivity index (χ1v) is 5.29. The lowest BCUT2D eigenvalue weighted by molar-refractivity contribution is 0.583. The van der Waals surface area contributed by atoms with Crippen molar-refractivity contribution < 1.29 is 13.2 Å². The summed E-state index contributed by atoms with van der Waals surface area (Å²) in [6, 6.07) is 10.5. The third-order valence-corrected chi connectivity index (χ3v) is 2.41. The third-order valence-electron chi connectivity index (χ3n) is 2.41. The Labute approximate surface area is 101 Å². The Morgan fingerprint density at radius 3 is 2.44 bits per heavy atom. The van der Waals surface area contributed by atoms with Gasteiger partial charge in [0.05, 0.1) is 0 Å². The van der Waals surface area contributed by atoms with Crippen LogP contribution in [-0.4, -0.2) is 4.98 Å². The molecular formula is C13H8F2N2O. The van der Waals surface area contributed by atoms with E-state index in [0.29, 0.717) is 11.1 Å². The molecule has 0 bridgehead atoms. The molecule has 18 heavy (non-hydrogen) atoms. The number of fused-ring (bicyclic) bond motifs is 1. The highest BCUT2D eigenvalue weighted by Crippen LogP contribution is 2.22. The molecule has 0 saturated carbocycles. The Morgan fingerprint density at radius 2 is 1.72 bits per heavy atom. The van der Waals surface area contributed by atoms with Gasteiger partial charge in [-0.25, -0.2) is 8.78 Å². The number of oxazole rings is 1. The number of rotatable bonds is 2. The number of hydrogen-bond acceptors (Lipinski definition) is 3. The third kappa shape index (κ3) is 2.02. The second-order valence-electron chi connectivity index (χ2n) is 3.77. The fraction of sp³-hybridized carbons (Fsp3) is 0. The number of halogens is 2. The van der Waals surface area contributed by atoms with Gasteiger partial charge in [-0.15, -0.1) is 0 Å². The molecule has 0 aliphatic rings. The first-order chi connectivity index (χ1) is 8.70. The van der Waals surface area contributed by atoms with Gasteiger partial charge in [0.15, 0.2) is 5.58 Å². The monoisotopic (exact) mass is 246 g/mol. The van der Waals surface area contributed by atoms with Crippen LogP contribution in [0.3, 0.4) is 0 Å². The fourth-order valence-electron chi connectivity index (χ4n) is 1.68. The molecule has 3 nitrogen and oxygen atoms in total. The van der Waals surface area contributed by atoms with E-state index in [9.17, 15) is 8.78 Å². The molecule has 0 saturated heterocycles. The zero-order valence-corrected chi connectivity index (χ0v) is 9.15. The predicted molar refractivity (Wildman–Crippen MR) is 63.6 cm³/mol. The summed E-state index contributed by atoms with van der Waals surface area (Å²) in [5.74, 6) is -1.32. The van der Waals surface area contributed by atoms with E-state index in [4.69, 9.17) is 4.42 Å². The highest BCUT2D eigenvalue weighted by Gasteiger charge is 2.06. The van der Waals surface area contributed by atoms with E-state index in [1.165, 1.54) is 0 Å². The van der Waals surface area contributed by atoms with E-state index in [2.05, 4.69) is 10.3 Å². The van der Waals surface area contributed by atoms with E-state index < -0.39 is 11.6 Å². The van der Waals surface area contributed by atoms with Crippen molar-refractivity contribution >= 4 is 22.8 Å². The summed E-state index contributed by atoms with van der Waals surface area (Å²) in [4.78, 5) is 4.14. The standard InChI is InChI=1S/C13H8F2N2O/c14-8-5-9(15)7-10(6-8)16-13-17-11-3-1-2-4-12(11)18-13/h1-7H,(H,16,17). The molecule has 0 aliphatic carbocycles. The predicted octanol–water partition coefficient (Wildman–Crippen LogP) is 3.85. The van der Waals surface area contributed by atoms with Crippen molar-refractivity contribution in [3.8, 4) is 0 Å². The maximum absolute atomic E-state index is 13.0. The Hall–Kier alpha value is -2.43. The first-order valence-electron chi connectivity index (χ1n) is 5.29. The number of para-hydroxylation sites is 2. The topological polar surface area (TPSA) is 38.1 Å². The van der Waals surface area contributed by atoms with Gasteiger partial charge in [-0.2, -0.15) is 4.98 Å². The number of anilines is 2. The second-order valence-corrected chi connectivity index (χ2v) is 3.77. The molecule has 1 N–H and O–H groups in total. The van der Waals surface area contributed by atoms with E-state index >= 15 is 0 Å². The van der Waals surface area contributed by atoms with Crippen molar-refractivity contribution in [3.05, 3.63) is 54.1 Å². The summed E-state index contributed by atoms with van der Waals surface area (Å²) in [5, 5.41) is 2.72. The van der Waals surface area contributed by atoms with Gasteiger partial charge in [-0.05, 0) is 24.3 Å². The van der Waals surface area contributed by atoms with Crippen LogP contribution in [0.2, 0.25) is 0 Å². The van der Waals surface area contributed by atoms with E-state index in [1.807, 2.05) is 12.1 Å². The van der Waals surface area contributed by atoms with Crippen LogP contribution in [0.25, 0.3) is 11.1 Å². The molecule has 1 heterocycles. The maximum Gasteiger partial charge on any atom is 0.300 e. The van der Waals surface area contributed by atoms with Gasteiger partial charge in [-0.3, -0.25) is 0 Å². The molecule has 0 atom stereocenters. The lowest BCUT2D eigenvalue weighted by Gasteiger charge is -2.01. The van der Waals surface area contributed by atoms with Crippen LogP contribution in [0.1, 0.15) is 0 Å². The minimum atomic E-state index is -0.659. The summed E-state index contributed by atoms with van der Waals surface area (Å²) in [6.45, 7) is 0. The van der Waals surface area contributed by atoms with Gasteiger partial charge < -0.3 is 9.73 Å². The maximum atomic E-state index is 13.0. The number of nitrogens with one attached hydrogen (secondary N) is 1. The second kappa shape index (κ2) is 4.10. The molecule has 0 spiro atoms. The molecule has 0 amide bonds. The molecular weight excluding hydrogens is 238 g/mol. The lowest BCUT2D eigenvalue weighted by atomic mass is 10.3. The smallest absolute Gasteiger partial charge is 0.300 e. The van der Waals surface area contributed by atoms with Crippen molar-refractivity contribution in [3.63, 3.8) is 0 Å². The fourth-order valence-corrected chi connectivity index (χ4v) is 1.68. The van der Waals surface area contributed by atoms with Crippen LogP contribution in [0, 0.1) is 11.6 Å². The molecule has 1 aromatic heterocycles. The van der Waals surface area contributed by atoms with Crippen molar-refractivity contribution in [2.45, 2.75) is 0 Å². The van der Waals surface area contributed by atoms with Crippen molar-refractivity contribution in [1.82, 2.24) is 4.98 Å². The van der Waals surface area contributed by atoms with Crippen LogP contribution in [0.4, 0.5) is 20.5 Å². The molecule has 0 radical (unpaired) electrons. The Kier molecular flexibility index (Phi) is 2.44. The Bertz CT molecular complexity index is 656. The van der Waals surface area contributed by atoms with Crippen LogP contribution < -0.4 is 5.32 Å². The molecule has 3 aromatic rings. The van der Waals surface area contributed by atoms with Crippen LogP contribution in [0.15, 0.2) is 46.9 Å². The minimum absolute atomic E-state index is 0.196. The molecule has 5 heteroatoms. The van der Waals surface area contributed by atoms with Gasteiger partial charge in [-0.1, -0.05) is 12.1 Å². The van der Waals surface area contributed by atoms with E-state index in [0.717, 1.165) is 18.2 Å². The SMILES string of the molecule is Fc1cc(F)cc(Nc2nc3ccccc3o2)c1. The van der Waals surface area contributed by atoms with Crippen molar-refractivity contribution in [1.29, 1.82) is 0 Å². The Morgan fingerprint density at radius 1 is 1.00 bits per heavy atom. The molecule has 3 rings (SSSR count). The molecule has 2 aromatic carbocycles. The highest BCUT2D eigenvalue weighted by molar-refractivity contribution is 5.75.